The Morgan fingerprint density at radius 3 is 2.64 bits per heavy atom. The van der Waals surface area contributed by atoms with Crippen LogP contribution >= 0.6 is 23.4 Å². The minimum absolute atomic E-state index is 0.156. The van der Waals surface area contributed by atoms with Crippen LogP contribution in [0.25, 0.3) is 11.3 Å². The molecule has 0 bridgehead atoms. The molecule has 0 unspecified atom stereocenters. The molecule has 2 heterocycles. The number of benzene rings is 2. The molecule has 142 valence electrons. The monoisotopic (exact) mass is 412 g/mol. The van der Waals surface area contributed by atoms with Gasteiger partial charge in [0.15, 0.2) is 5.69 Å². The fourth-order valence-electron chi connectivity index (χ4n) is 3.09. The lowest BCUT2D eigenvalue weighted by Gasteiger charge is -2.29. The second-order valence-electron chi connectivity index (χ2n) is 6.11. The first kappa shape index (κ1) is 18.7. The van der Waals surface area contributed by atoms with Gasteiger partial charge < -0.3 is 4.74 Å². The van der Waals surface area contributed by atoms with Crippen LogP contribution in [0.4, 0.5) is 5.69 Å². The molecule has 2 aromatic carbocycles. The number of thioether (sulfide) groups is 1. The topological polar surface area (TPSA) is 68.2 Å². The van der Waals surface area contributed by atoms with Crippen molar-refractivity contribution in [3.63, 3.8) is 0 Å². The molecular weight excluding hydrogens is 396 g/mol. The summed E-state index contributed by atoms with van der Waals surface area (Å²) in [5, 5.41) is 9.70. The van der Waals surface area contributed by atoms with Crippen LogP contribution in [0.3, 0.4) is 0 Å². The third kappa shape index (κ3) is 3.43. The van der Waals surface area contributed by atoms with Gasteiger partial charge in [0.25, 0.3) is 0 Å². The zero-order valence-electron chi connectivity index (χ0n) is 15.3. The van der Waals surface area contributed by atoms with E-state index in [4.69, 9.17) is 16.3 Å². The van der Waals surface area contributed by atoms with E-state index < -0.39 is 6.23 Å². The van der Waals surface area contributed by atoms with Gasteiger partial charge in [0, 0.05) is 23.1 Å². The zero-order valence-corrected chi connectivity index (χ0v) is 16.9. The van der Waals surface area contributed by atoms with Gasteiger partial charge in [-0.15, -0.1) is 10.2 Å². The largest absolute Gasteiger partial charge is 0.447 e. The number of anilines is 1. The molecule has 1 aromatic heterocycles. The highest BCUT2D eigenvalue weighted by Gasteiger charge is 2.34. The van der Waals surface area contributed by atoms with Crippen molar-refractivity contribution in [2.24, 2.45) is 0 Å². The maximum absolute atomic E-state index is 12.6. The second kappa shape index (κ2) is 7.77. The summed E-state index contributed by atoms with van der Waals surface area (Å²) in [6.07, 6.45) is -0.701. The molecule has 28 heavy (non-hydrogen) atoms. The lowest BCUT2D eigenvalue weighted by Crippen LogP contribution is -2.36. The van der Waals surface area contributed by atoms with E-state index in [1.807, 2.05) is 43.3 Å². The number of carbonyl (C=O) groups is 1. The van der Waals surface area contributed by atoms with Crippen LogP contribution in [0, 0.1) is 0 Å². The second-order valence-corrected chi connectivity index (χ2v) is 7.78. The van der Waals surface area contributed by atoms with Crippen molar-refractivity contribution in [3.8, 4) is 17.1 Å². The summed E-state index contributed by atoms with van der Waals surface area (Å²) < 4.78 is 6.26. The third-order valence-corrected chi connectivity index (χ3v) is 5.25. The molecule has 1 amide bonds. The molecule has 4 rings (SSSR count). The minimum atomic E-state index is -0.701. The quantitative estimate of drug-likeness (QED) is 0.578. The number of hydrogen-bond acceptors (Lipinski definition) is 6. The lowest BCUT2D eigenvalue weighted by atomic mass is 10.1. The predicted molar refractivity (Wildman–Crippen MR) is 110 cm³/mol. The maximum Gasteiger partial charge on any atom is 0.247 e. The lowest BCUT2D eigenvalue weighted by molar-refractivity contribution is -0.118. The van der Waals surface area contributed by atoms with Crippen LogP contribution in [0.1, 0.15) is 25.6 Å². The fourth-order valence-corrected chi connectivity index (χ4v) is 3.72. The summed E-state index contributed by atoms with van der Waals surface area (Å²) in [4.78, 5) is 18.8. The van der Waals surface area contributed by atoms with Crippen LogP contribution in [0.15, 0.2) is 53.7 Å². The van der Waals surface area contributed by atoms with Crippen LogP contribution in [0.2, 0.25) is 5.02 Å². The van der Waals surface area contributed by atoms with Gasteiger partial charge in [-0.3, -0.25) is 9.69 Å². The van der Waals surface area contributed by atoms with Crippen LogP contribution < -0.4 is 9.64 Å². The van der Waals surface area contributed by atoms with Crippen LogP contribution in [0.5, 0.6) is 5.88 Å². The van der Waals surface area contributed by atoms with Gasteiger partial charge in [-0.2, -0.15) is 4.98 Å². The normalized spacial score (nSPS) is 15.2. The number of para-hydroxylation sites is 1. The summed E-state index contributed by atoms with van der Waals surface area (Å²) in [5.74, 6) is 1.01. The van der Waals surface area contributed by atoms with Gasteiger partial charge in [-0.05, 0) is 24.0 Å². The van der Waals surface area contributed by atoms with E-state index in [0.717, 1.165) is 16.9 Å². The van der Waals surface area contributed by atoms with Crippen LogP contribution in [-0.4, -0.2) is 26.8 Å². The molecule has 0 N–H and O–H groups in total. The van der Waals surface area contributed by atoms with Crippen molar-refractivity contribution in [2.75, 3.05) is 10.7 Å². The van der Waals surface area contributed by atoms with E-state index in [1.54, 1.807) is 17.0 Å². The number of carbonyl (C=O) groups excluding carboxylic acids is 1. The van der Waals surface area contributed by atoms with E-state index in [-0.39, 0.29) is 5.91 Å². The molecule has 6 nitrogen and oxygen atoms in total. The smallest absolute Gasteiger partial charge is 0.247 e. The molecule has 0 saturated heterocycles. The third-order valence-electron chi connectivity index (χ3n) is 4.28. The first-order valence-electron chi connectivity index (χ1n) is 8.77. The van der Waals surface area contributed by atoms with Gasteiger partial charge in [0.1, 0.15) is 0 Å². The van der Waals surface area contributed by atoms with E-state index in [1.165, 1.54) is 18.7 Å². The van der Waals surface area contributed by atoms with Gasteiger partial charge in [-0.1, -0.05) is 60.6 Å². The van der Waals surface area contributed by atoms with Gasteiger partial charge >= 0.3 is 0 Å². The molecule has 0 aliphatic carbocycles. The summed E-state index contributed by atoms with van der Waals surface area (Å²) >= 11 is 7.52. The highest BCUT2D eigenvalue weighted by Crippen LogP contribution is 2.43. The maximum atomic E-state index is 12.6. The number of rotatable bonds is 3. The Balaban J connectivity index is 1.93. The number of nitrogens with zero attached hydrogens (tertiary/aromatic N) is 4. The van der Waals surface area contributed by atoms with Gasteiger partial charge in [0.2, 0.25) is 23.2 Å². The summed E-state index contributed by atoms with van der Waals surface area (Å²) in [6.45, 7) is 3.53. The molecule has 3 aromatic rings. The average Bonchev–Trinajstić information content (AvgIpc) is 2.83. The summed E-state index contributed by atoms with van der Waals surface area (Å²) in [5.41, 5.74) is 2.74. The number of aromatic nitrogens is 3. The van der Waals surface area contributed by atoms with Gasteiger partial charge in [0.05, 0.1) is 5.69 Å². The van der Waals surface area contributed by atoms with Crippen molar-refractivity contribution >= 4 is 35.0 Å². The van der Waals surface area contributed by atoms with Crippen molar-refractivity contribution in [2.45, 2.75) is 25.2 Å². The molecule has 0 saturated carbocycles. The van der Waals surface area contributed by atoms with Crippen molar-refractivity contribution < 1.29 is 9.53 Å². The van der Waals surface area contributed by atoms with E-state index in [9.17, 15) is 4.79 Å². The van der Waals surface area contributed by atoms with Crippen LogP contribution in [-0.2, 0) is 4.79 Å². The van der Waals surface area contributed by atoms with Crippen molar-refractivity contribution in [1.82, 2.24) is 15.2 Å². The first-order valence-corrected chi connectivity index (χ1v) is 10.1. The zero-order chi connectivity index (χ0) is 19.7. The number of hydrogen-bond donors (Lipinski definition) is 0. The molecule has 0 radical (unpaired) electrons. The van der Waals surface area contributed by atoms with E-state index in [2.05, 4.69) is 15.2 Å². The predicted octanol–water partition coefficient (Wildman–Crippen LogP) is 4.75. The number of fused-ring (bicyclic) bond motifs is 3. The Kier molecular flexibility index (Phi) is 5.19. The Bertz CT molecular complexity index is 1030. The molecule has 0 fully saturated rings. The SMILES string of the molecule is CCSc1nnc2c(n1)O[C@@H](c1ccc(Cl)cc1)N(C(C)=O)c1ccccc1-2. The van der Waals surface area contributed by atoms with Crippen molar-refractivity contribution in [1.29, 1.82) is 0 Å². The summed E-state index contributed by atoms with van der Waals surface area (Å²) in [7, 11) is 0. The molecule has 0 spiro atoms. The van der Waals surface area contributed by atoms with E-state index >= 15 is 0 Å². The molecule has 1 atom stereocenters. The molecule has 1 aliphatic heterocycles. The Hall–Kier alpha value is -2.64. The standard InChI is InChI=1S/C20H17ClN4O2S/c1-3-28-20-22-18-17(23-24-20)15-6-4-5-7-16(15)25(12(2)26)19(27-18)13-8-10-14(21)11-9-13/h4-11,19H,3H2,1-2H3/t19-/m0/s1. The number of halogens is 1. The Labute approximate surface area is 171 Å². The fraction of sp³-hybridized carbons (Fsp3) is 0.200. The first-order chi connectivity index (χ1) is 13.6. The molecule has 8 heteroatoms. The van der Waals surface area contributed by atoms with Gasteiger partial charge in [-0.25, -0.2) is 0 Å². The number of amides is 1. The molecular formula is C20H17ClN4O2S. The minimum Gasteiger partial charge on any atom is -0.447 e. The highest BCUT2D eigenvalue weighted by molar-refractivity contribution is 7.99. The average molecular weight is 413 g/mol. The molecule has 1 aliphatic rings. The highest BCUT2D eigenvalue weighted by atomic mass is 35.5. The Morgan fingerprint density at radius 2 is 1.93 bits per heavy atom. The Morgan fingerprint density at radius 1 is 1.18 bits per heavy atom. The number of ether oxygens (including phenoxy) is 1. The van der Waals surface area contributed by atoms with E-state index in [0.29, 0.717) is 27.4 Å². The summed E-state index contributed by atoms with van der Waals surface area (Å²) in [6, 6.07) is 14.7. The van der Waals surface area contributed by atoms with Crippen molar-refractivity contribution in [3.05, 3.63) is 59.1 Å².